The second-order valence-corrected chi connectivity index (χ2v) is 8.73. The molecule has 0 spiro atoms. The van der Waals surface area contributed by atoms with Crippen LogP contribution in [0.3, 0.4) is 0 Å². The SMILES string of the molecule is Fc1ccccc1CCc1ncc2nc(-c3ccccc3Cl)n(C[C@H]3CCCNC3)c2n1. The Labute approximate surface area is 191 Å². The third kappa shape index (κ3) is 4.38. The van der Waals surface area contributed by atoms with Crippen molar-refractivity contribution in [2.75, 3.05) is 13.1 Å². The van der Waals surface area contributed by atoms with Crippen molar-refractivity contribution in [2.45, 2.75) is 32.2 Å². The molecule has 5 nitrogen and oxygen atoms in total. The monoisotopic (exact) mass is 449 g/mol. The molecule has 0 aliphatic carbocycles. The number of hydrogen-bond acceptors (Lipinski definition) is 4. The van der Waals surface area contributed by atoms with Crippen LogP contribution in [0.25, 0.3) is 22.6 Å². The van der Waals surface area contributed by atoms with Crippen molar-refractivity contribution in [3.8, 4) is 11.4 Å². The summed E-state index contributed by atoms with van der Waals surface area (Å²) in [5.74, 6) is 1.81. The average molecular weight is 450 g/mol. The molecule has 0 saturated carbocycles. The quantitative estimate of drug-likeness (QED) is 0.446. The van der Waals surface area contributed by atoms with Gasteiger partial charge in [0, 0.05) is 18.5 Å². The third-order valence-corrected chi connectivity index (χ3v) is 6.40. The van der Waals surface area contributed by atoms with Gasteiger partial charge in [0.2, 0.25) is 0 Å². The summed E-state index contributed by atoms with van der Waals surface area (Å²) in [6.45, 7) is 2.86. The van der Waals surface area contributed by atoms with Gasteiger partial charge in [-0.05, 0) is 62.0 Å². The van der Waals surface area contributed by atoms with E-state index in [4.69, 9.17) is 21.6 Å². The predicted octanol–water partition coefficient (Wildman–Crippen LogP) is 5.07. The zero-order valence-corrected chi connectivity index (χ0v) is 18.5. The molecular weight excluding hydrogens is 425 g/mol. The lowest BCUT2D eigenvalue weighted by Gasteiger charge is -2.24. The molecule has 32 heavy (non-hydrogen) atoms. The minimum atomic E-state index is -0.190. The van der Waals surface area contributed by atoms with Crippen molar-refractivity contribution in [3.05, 3.63) is 77.0 Å². The van der Waals surface area contributed by atoms with Gasteiger partial charge in [-0.1, -0.05) is 41.9 Å². The molecular formula is C25H25ClFN5. The van der Waals surface area contributed by atoms with E-state index in [0.29, 0.717) is 35.2 Å². The van der Waals surface area contributed by atoms with Gasteiger partial charge in [0.05, 0.1) is 11.2 Å². The number of benzene rings is 2. The van der Waals surface area contributed by atoms with Crippen LogP contribution in [0.15, 0.2) is 54.7 Å². The molecule has 0 amide bonds. The Morgan fingerprint density at radius 3 is 2.72 bits per heavy atom. The molecule has 2 aromatic carbocycles. The molecule has 3 heterocycles. The van der Waals surface area contributed by atoms with E-state index in [0.717, 1.165) is 42.2 Å². The average Bonchev–Trinajstić information content (AvgIpc) is 3.17. The van der Waals surface area contributed by atoms with Gasteiger partial charge in [-0.25, -0.2) is 19.3 Å². The number of fused-ring (bicyclic) bond motifs is 1. The topological polar surface area (TPSA) is 55.6 Å². The summed E-state index contributed by atoms with van der Waals surface area (Å²) in [5, 5.41) is 4.16. The van der Waals surface area contributed by atoms with Crippen LogP contribution in [0.4, 0.5) is 4.39 Å². The Bertz CT molecular complexity index is 1230. The van der Waals surface area contributed by atoms with Gasteiger partial charge in [0.15, 0.2) is 5.65 Å². The lowest BCUT2D eigenvalue weighted by atomic mass is 9.99. The number of nitrogens with one attached hydrogen (secondary N) is 1. The lowest BCUT2D eigenvalue weighted by Crippen LogP contribution is -2.32. The van der Waals surface area contributed by atoms with Gasteiger partial charge in [-0.3, -0.25) is 0 Å². The molecule has 1 fully saturated rings. The molecule has 1 atom stereocenters. The molecule has 164 valence electrons. The Balaban J connectivity index is 1.52. The van der Waals surface area contributed by atoms with Crippen LogP contribution >= 0.6 is 11.6 Å². The van der Waals surface area contributed by atoms with Gasteiger partial charge in [-0.15, -0.1) is 0 Å². The van der Waals surface area contributed by atoms with Crippen LogP contribution in [0.5, 0.6) is 0 Å². The fraction of sp³-hybridized carbons (Fsp3) is 0.320. The second kappa shape index (κ2) is 9.35. The first-order valence-electron chi connectivity index (χ1n) is 11.1. The number of piperidine rings is 1. The number of hydrogen-bond donors (Lipinski definition) is 1. The zero-order valence-electron chi connectivity index (χ0n) is 17.8. The molecule has 5 rings (SSSR count). The fourth-order valence-electron chi connectivity index (χ4n) is 4.38. The summed E-state index contributed by atoms with van der Waals surface area (Å²) in [4.78, 5) is 14.2. The van der Waals surface area contributed by atoms with Crippen molar-refractivity contribution in [1.29, 1.82) is 0 Å². The molecule has 1 saturated heterocycles. The molecule has 1 N–H and O–H groups in total. The molecule has 1 aliphatic rings. The smallest absolute Gasteiger partial charge is 0.164 e. The van der Waals surface area contributed by atoms with Gasteiger partial charge in [0.1, 0.15) is 23.0 Å². The largest absolute Gasteiger partial charge is 0.316 e. The molecule has 0 bridgehead atoms. The van der Waals surface area contributed by atoms with Crippen LogP contribution in [-0.2, 0) is 19.4 Å². The first-order chi connectivity index (χ1) is 15.7. The fourth-order valence-corrected chi connectivity index (χ4v) is 4.60. The van der Waals surface area contributed by atoms with Crippen LogP contribution < -0.4 is 5.32 Å². The minimum Gasteiger partial charge on any atom is -0.316 e. The number of nitrogens with zero attached hydrogens (tertiary/aromatic N) is 4. The van der Waals surface area contributed by atoms with E-state index < -0.39 is 0 Å². The number of halogens is 2. The van der Waals surface area contributed by atoms with Gasteiger partial charge >= 0.3 is 0 Å². The molecule has 4 aromatic rings. The number of rotatable bonds is 6. The highest BCUT2D eigenvalue weighted by atomic mass is 35.5. The summed E-state index contributed by atoms with van der Waals surface area (Å²) in [6.07, 6.45) is 5.22. The van der Waals surface area contributed by atoms with Gasteiger partial charge in [0.25, 0.3) is 0 Å². The van der Waals surface area contributed by atoms with Gasteiger partial charge < -0.3 is 9.88 Å². The van der Waals surface area contributed by atoms with E-state index in [2.05, 4.69) is 14.9 Å². The summed E-state index contributed by atoms with van der Waals surface area (Å²) in [7, 11) is 0. The predicted molar refractivity (Wildman–Crippen MR) is 125 cm³/mol. The van der Waals surface area contributed by atoms with Crippen molar-refractivity contribution in [3.63, 3.8) is 0 Å². The Morgan fingerprint density at radius 2 is 1.91 bits per heavy atom. The van der Waals surface area contributed by atoms with Crippen LogP contribution in [-0.4, -0.2) is 32.6 Å². The van der Waals surface area contributed by atoms with Crippen LogP contribution in [0.1, 0.15) is 24.2 Å². The molecule has 7 heteroatoms. The summed E-state index contributed by atoms with van der Waals surface area (Å²) >= 11 is 6.53. The molecule has 1 aliphatic heterocycles. The Morgan fingerprint density at radius 1 is 1.06 bits per heavy atom. The second-order valence-electron chi connectivity index (χ2n) is 8.32. The summed E-state index contributed by atoms with van der Waals surface area (Å²) in [6, 6.07) is 14.6. The van der Waals surface area contributed by atoms with Crippen molar-refractivity contribution >= 4 is 22.8 Å². The van der Waals surface area contributed by atoms with E-state index in [1.54, 1.807) is 12.3 Å². The highest BCUT2D eigenvalue weighted by Gasteiger charge is 2.21. The Hall–Kier alpha value is -2.83. The van der Waals surface area contributed by atoms with E-state index in [1.165, 1.54) is 18.9 Å². The molecule has 2 aromatic heterocycles. The van der Waals surface area contributed by atoms with Crippen LogP contribution in [0.2, 0.25) is 5.02 Å². The Kier molecular flexibility index (Phi) is 6.14. The van der Waals surface area contributed by atoms with Crippen molar-refractivity contribution < 1.29 is 4.39 Å². The first-order valence-corrected chi connectivity index (χ1v) is 11.5. The number of aromatic nitrogens is 4. The van der Waals surface area contributed by atoms with E-state index in [9.17, 15) is 4.39 Å². The maximum atomic E-state index is 14.0. The highest BCUT2D eigenvalue weighted by Crippen LogP contribution is 2.31. The van der Waals surface area contributed by atoms with Crippen molar-refractivity contribution in [2.24, 2.45) is 5.92 Å². The van der Waals surface area contributed by atoms with E-state index in [-0.39, 0.29) is 5.82 Å². The minimum absolute atomic E-state index is 0.190. The summed E-state index contributed by atoms with van der Waals surface area (Å²) < 4.78 is 16.2. The van der Waals surface area contributed by atoms with Crippen molar-refractivity contribution in [1.82, 2.24) is 24.8 Å². The third-order valence-electron chi connectivity index (χ3n) is 6.07. The normalized spacial score (nSPS) is 16.5. The number of imidazole rings is 1. The standard InChI is InChI=1S/C25H25ClFN5/c26-20-9-3-2-8-19(20)24-30-22-15-29-23(12-11-18-7-1-4-10-21(18)27)31-25(22)32(24)16-17-6-5-13-28-14-17/h1-4,7-10,15,17,28H,5-6,11-14,16H2/t17-/m0/s1. The zero-order chi connectivity index (χ0) is 21.9. The van der Waals surface area contributed by atoms with E-state index >= 15 is 0 Å². The number of aryl methyl sites for hydroxylation is 2. The maximum absolute atomic E-state index is 14.0. The van der Waals surface area contributed by atoms with Gasteiger partial charge in [-0.2, -0.15) is 0 Å². The lowest BCUT2D eigenvalue weighted by molar-refractivity contribution is 0.341. The maximum Gasteiger partial charge on any atom is 0.164 e. The molecule has 0 unspecified atom stereocenters. The molecule has 0 radical (unpaired) electrons. The van der Waals surface area contributed by atoms with E-state index in [1.807, 2.05) is 36.4 Å². The highest BCUT2D eigenvalue weighted by molar-refractivity contribution is 6.33. The first kappa shape index (κ1) is 21.0. The van der Waals surface area contributed by atoms with Crippen LogP contribution in [0, 0.1) is 11.7 Å². The summed E-state index contributed by atoms with van der Waals surface area (Å²) in [5.41, 5.74) is 3.13.